The molecule has 1 aromatic carbocycles. The van der Waals surface area contributed by atoms with Crippen molar-refractivity contribution in [2.45, 2.75) is 12.4 Å². The van der Waals surface area contributed by atoms with Crippen molar-refractivity contribution >= 4 is 11.3 Å². The van der Waals surface area contributed by atoms with Gasteiger partial charge in [0.1, 0.15) is 5.01 Å². The molecule has 1 nitrogen and oxygen atoms in total. The number of benzene rings is 1. The Hall–Kier alpha value is -1.57. The van der Waals surface area contributed by atoms with E-state index in [0.29, 0.717) is 12.1 Å². The van der Waals surface area contributed by atoms with Crippen molar-refractivity contribution in [1.29, 1.82) is 0 Å². The Kier molecular flexibility index (Phi) is 3.29. The van der Waals surface area contributed by atoms with Crippen LogP contribution in [0, 0.1) is 0 Å². The van der Waals surface area contributed by atoms with Crippen molar-refractivity contribution in [1.82, 2.24) is 4.98 Å². The molecule has 0 saturated carbocycles. The van der Waals surface area contributed by atoms with E-state index in [1.807, 2.05) is 0 Å². The van der Waals surface area contributed by atoms with Gasteiger partial charge in [0.15, 0.2) is 0 Å². The van der Waals surface area contributed by atoms with E-state index < -0.39 is 23.5 Å². The summed E-state index contributed by atoms with van der Waals surface area (Å²) in [6.45, 7) is 0. The highest BCUT2D eigenvalue weighted by Crippen LogP contribution is 2.38. The maximum atomic E-state index is 12.6. The summed E-state index contributed by atoms with van der Waals surface area (Å²) in [5, 5.41) is 1.58. The summed E-state index contributed by atoms with van der Waals surface area (Å²) in [5.74, 6) is 0. The second-order valence-electron chi connectivity index (χ2n) is 3.63. The quantitative estimate of drug-likeness (QED) is 0.686. The van der Waals surface area contributed by atoms with E-state index in [1.54, 1.807) is 0 Å². The number of thiazole rings is 1. The van der Waals surface area contributed by atoms with E-state index in [4.69, 9.17) is 0 Å². The lowest BCUT2D eigenvalue weighted by molar-refractivity contribution is -0.143. The van der Waals surface area contributed by atoms with Crippen LogP contribution in [0.4, 0.5) is 26.3 Å². The van der Waals surface area contributed by atoms with Crippen molar-refractivity contribution < 1.29 is 26.3 Å². The summed E-state index contributed by atoms with van der Waals surface area (Å²) < 4.78 is 75.6. The van der Waals surface area contributed by atoms with Crippen LogP contribution in [0.2, 0.25) is 0 Å². The van der Waals surface area contributed by atoms with E-state index in [9.17, 15) is 26.3 Å². The van der Waals surface area contributed by atoms with Crippen molar-refractivity contribution in [3.8, 4) is 10.6 Å². The number of alkyl halides is 6. The molecule has 102 valence electrons. The van der Waals surface area contributed by atoms with Crippen LogP contribution in [0.1, 0.15) is 11.1 Å². The monoisotopic (exact) mass is 297 g/mol. The second kappa shape index (κ2) is 4.52. The van der Waals surface area contributed by atoms with Crippen LogP contribution in [0.3, 0.4) is 0 Å². The van der Waals surface area contributed by atoms with Gasteiger partial charge in [-0.15, -0.1) is 11.3 Å². The first-order valence-electron chi connectivity index (χ1n) is 4.87. The molecule has 0 aliphatic carbocycles. The molecule has 1 heterocycles. The topological polar surface area (TPSA) is 12.9 Å². The molecule has 0 atom stereocenters. The van der Waals surface area contributed by atoms with Gasteiger partial charge in [-0.2, -0.15) is 26.3 Å². The first kappa shape index (κ1) is 13.9. The molecule has 0 fully saturated rings. The molecule has 2 aromatic rings. The van der Waals surface area contributed by atoms with E-state index in [1.165, 1.54) is 11.6 Å². The third-order valence-corrected chi connectivity index (χ3v) is 3.09. The molecular weight excluding hydrogens is 292 g/mol. The summed E-state index contributed by atoms with van der Waals surface area (Å²) in [4.78, 5) is 3.72. The van der Waals surface area contributed by atoms with E-state index in [-0.39, 0.29) is 16.6 Å². The zero-order valence-electron chi connectivity index (χ0n) is 9.01. The van der Waals surface area contributed by atoms with Gasteiger partial charge in [-0.05, 0) is 18.2 Å². The van der Waals surface area contributed by atoms with Crippen LogP contribution in [-0.4, -0.2) is 4.98 Å². The van der Waals surface area contributed by atoms with Crippen molar-refractivity contribution in [2.24, 2.45) is 0 Å². The number of halogens is 6. The minimum Gasteiger partial charge on any atom is -0.245 e. The lowest BCUT2D eigenvalue weighted by Gasteiger charge is -2.13. The molecule has 0 bridgehead atoms. The first-order valence-corrected chi connectivity index (χ1v) is 5.75. The van der Waals surface area contributed by atoms with E-state index in [2.05, 4.69) is 4.98 Å². The average Bonchev–Trinajstić information content (AvgIpc) is 2.79. The fraction of sp³-hybridized carbons (Fsp3) is 0.182. The molecule has 8 heteroatoms. The van der Waals surface area contributed by atoms with Crippen LogP contribution < -0.4 is 0 Å². The molecule has 0 aliphatic rings. The number of rotatable bonds is 1. The predicted octanol–water partition coefficient (Wildman–Crippen LogP) is 4.85. The van der Waals surface area contributed by atoms with Gasteiger partial charge in [-0.3, -0.25) is 0 Å². The van der Waals surface area contributed by atoms with Crippen LogP contribution >= 0.6 is 11.3 Å². The third-order valence-electron chi connectivity index (χ3n) is 2.27. The molecule has 1 aromatic heterocycles. The Labute approximate surface area is 107 Å². The molecule has 0 saturated heterocycles. The summed E-state index contributed by atoms with van der Waals surface area (Å²) in [6.07, 6.45) is -8.37. The fourth-order valence-corrected chi connectivity index (χ4v) is 2.07. The summed E-state index contributed by atoms with van der Waals surface area (Å²) in [7, 11) is 0. The molecule has 0 radical (unpaired) electrons. The van der Waals surface area contributed by atoms with Gasteiger partial charge in [0.05, 0.1) is 11.1 Å². The highest BCUT2D eigenvalue weighted by atomic mass is 32.1. The SMILES string of the molecule is FC(F)(F)c1cc(-c2nccs2)cc(C(F)(F)F)c1. The molecule has 0 unspecified atom stereocenters. The average molecular weight is 297 g/mol. The molecule has 0 spiro atoms. The molecule has 0 N–H and O–H groups in total. The number of hydrogen-bond donors (Lipinski definition) is 0. The first-order chi connectivity index (χ1) is 8.68. The highest BCUT2D eigenvalue weighted by molar-refractivity contribution is 7.13. The summed E-state index contributed by atoms with van der Waals surface area (Å²) in [6, 6.07) is 1.42. The Bertz CT molecular complexity index is 538. The van der Waals surface area contributed by atoms with Crippen LogP contribution in [0.25, 0.3) is 10.6 Å². The van der Waals surface area contributed by atoms with Gasteiger partial charge in [-0.1, -0.05) is 0 Å². The van der Waals surface area contributed by atoms with Crippen molar-refractivity contribution in [3.63, 3.8) is 0 Å². The van der Waals surface area contributed by atoms with Gasteiger partial charge in [0, 0.05) is 17.1 Å². The highest BCUT2D eigenvalue weighted by Gasteiger charge is 2.37. The van der Waals surface area contributed by atoms with Gasteiger partial charge in [-0.25, -0.2) is 4.98 Å². The lowest BCUT2D eigenvalue weighted by Crippen LogP contribution is -2.11. The Morgan fingerprint density at radius 3 is 1.74 bits per heavy atom. The third kappa shape index (κ3) is 3.06. The smallest absolute Gasteiger partial charge is 0.245 e. The van der Waals surface area contributed by atoms with Crippen LogP contribution in [0.5, 0.6) is 0 Å². The minimum absolute atomic E-state index is 0.0944. The number of nitrogens with zero attached hydrogens (tertiary/aromatic N) is 1. The summed E-state index contributed by atoms with van der Waals surface area (Å²) >= 11 is 0.969. The maximum absolute atomic E-state index is 12.6. The van der Waals surface area contributed by atoms with Gasteiger partial charge in [0.2, 0.25) is 0 Å². The van der Waals surface area contributed by atoms with Crippen LogP contribution in [0.15, 0.2) is 29.8 Å². The van der Waals surface area contributed by atoms with E-state index >= 15 is 0 Å². The zero-order valence-corrected chi connectivity index (χ0v) is 9.83. The largest absolute Gasteiger partial charge is 0.416 e. The molecule has 2 rings (SSSR count). The molecule has 19 heavy (non-hydrogen) atoms. The standard InChI is InChI=1S/C11H5F6NS/c12-10(13,14)7-3-6(9-18-1-2-19-9)4-8(5-7)11(15,16)17/h1-5H. The van der Waals surface area contributed by atoms with Crippen molar-refractivity contribution in [2.75, 3.05) is 0 Å². The van der Waals surface area contributed by atoms with Gasteiger partial charge < -0.3 is 0 Å². The molecule has 0 aliphatic heterocycles. The lowest BCUT2D eigenvalue weighted by atomic mass is 10.1. The van der Waals surface area contributed by atoms with Gasteiger partial charge >= 0.3 is 12.4 Å². The fourth-order valence-electron chi connectivity index (χ4n) is 1.44. The van der Waals surface area contributed by atoms with Gasteiger partial charge in [0.25, 0.3) is 0 Å². The Morgan fingerprint density at radius 2 is 1.37 bits per heavy atom. The molecular formula is C11H5F6NS. The van der Waals surface area contributed by atoms with Crippen molar-refractivity contribution in [3.05, 3.63) is 40.9 Å². The summed E-state index contributed by atoms with van der Waals surface area (Å²) in [5.41, 5.74) is -2.88. The maximum Gasteiger partial charge on any atom is 0.416 e. The Morgan fingerprint density at radius 1 is 0.842 bits per heavy atom. The number of hydrogen-bond acceptors (Lipinski definition) is 2. The van der Waals surface area contributed by atoms with Crippen LogP contribution in [-0.2, 0) is 12.4 Å². The normalized spacial score (nSPS) is 12.7. The molecule has 0 amide bonds. The zero-order chi connectivity index (χ0) is 14.3. The second-order valence-corrected chi connectivity index (χ2v) is 4.53. The number of aromatic nitrogens is 1. The minimum atomic E-state index is -4.84. The predicted molar refractivity (Wildman–Crippen MR) is 57.6 cm³/mol. The Balaban J connectivity index is 2.62. The van der Waals surface area contributed by atoms with E-state index in [0.717, 1.165) is 11.3 Å².